The SMILES string of the molecule is Fc1ccccc1Oc1ccc(Cl)c(CNC2CC2)n1. The Balaban J connectivity index is 1.75. The first-order valence-corrected chi connectivity index (χ1v) is 6.91. The second kappa shape index (κ2) is 5.77. The molecule has 0 spiro atoms. The minimum Gasteiger partial charge on any atom is -0.436 e. The van der Waals surface area contributed by atoms with E-state index in [-0.39, 0.29) is 5.75 Å². The van der Waals surface area contributed by atoms with Crippen molar-refractivity contribution in [2.24, 2.45) is 0 Å². The lowest BCUT2D eigenvalue weighted by Gasteiger charge is -2.09. The summed E-state index contributed by atoms with van der Waals surface area (Å²) in [6.07, 6.45) is 2.39. The molecule has 0 radical (unpaired) electrons. The third-order valence-electron chi connectivity index (χ3n) is 3.08. The standard InChI is InChI=1S/C15H14ClFN2O/c16-11-7-8-15(19-13(11)9-18-10-5-6-10)20-14-4-2-1-3-12(14)17/h1-4,7-8,10,18H,5-6,9H2. The summed E-state index contributed by atoms with van der Waals surface area (Å²) in [4.78, 5) is 4.33. The molecule has 20 heavy (non-hydrogen) atoms. The molecule has 1 aliphatic carbocycles. The maximum Gasteiger partial charge on any atom is 0.219 e. The molecule has 1 aromatic carbocycles. The van der Waals surface area contributed by atoms with Crippen LogP contribution in [-0.4, -0.2) is 11.0 Å². The summed E-state index contributed by atoms with van der Waals surface area (Å²) in [5.74, 6) is 0.0810. The number of hydrogen-bond acceptors (Lipinski definition) is 3. The molecule has 0 amide bonds. The van der Waals surface area contributed by atoms with Crippen LogP contribution in [0.4, 0.5) is 4.39 Å². The van der Waals surface area contributed by atoms with Crippen LogP contribution in [-0.2, 0) is 6.54 Å². The summed E-state index contributed by atoms with van der Waals surface area (Å²) >= 11 is 6.10. The van der Waals surface area contributed by atoms with Crippen molar-refractivity contribution >= 4 is 11.6 Å². The van der Waals surface area contributed by atoms with E-state index in [4.69, 9.17) is 16.3 Å². The van der Waals surface area contributed by atoms with Gasteiger partial charge in [-0.25, -0.2) is 9.37 Å². The van der Waals surface area contributed by atoms with Crippen molar-refractivity contribution in [3.63, 3.8) is 0 Å². The van der Waals surface area contributed by atoms with Gasteiger partial charge in [-0.3, -0.25) is 0 Å². The van der Waals surface area contributed by atoms with Crippen molar-refractivity contribution in [2.75, 3.05) is 0 Å². The Kier molecular flexibility index (Phi) is 3.85. The molecule has 3 nitrogen and oxygen atoms in total. The van der Waals surface area contributed by atoms with Crippen LogP contribution in [0.5, 0.6) is 11.6 Å². The number of halogens is 2. The number of rotatable bonds is 5. The molecule has 1 aromatic heterocycles. The third-order valence-corrected chi connectivity index (χ3v) is 3.42. The average Bonchev–Trinajstić information content (AvgIpc) is 3.26. The molecule has 104 valence electrons. The van der Waals surface area contributed by atoms with E-state index in [2.05, 4.69) is 10.3 Å². The molecule has 2 aromatic rings. The van der Waals surface area contributed by atoms with Gasteiger partial charge in [-0.05, 0) is 31.0 Å². The van der Waals surface area contributed by atoms with Crippen molar-refractivity contribution in [3.8, 4) is 11.6 Å². The third kappa shape index (κ3) is 3.26. The van der Waals surface area contributed by atoms with Gasteiger partial charge in [-0.1, -0.05) is 23.7 Å². The molecule has 1 saturated carbocycles. The van der Waals surface area contributed by atoms with E-state index < -0.39 is 5.82 Å². The molecular formula is C15H14ClFN2O. The Labute approximate surface area is 121 Å². The number of nitrogens with zero attached hydrogens (tertiary/aromatic N) is 1. The molecule has 3 rings (SSSR count). The van der Waals surface area contributed by atoms with Gasteiger partial charge in [-0.2, -0.15) is 0 Å². The zero-order valence-electron chi connectivity index (χ0n) is 10.8. The Hall–Kier alpha value is -1.65. The molecule has 0 aliphatic heterocycles. The van der Waals surface area contributed by atoms with Crippen molar-refractivity contribution in [1.29, 1.82) is 0 Å². The number of hydrogen-bond donors (Lipinski definition) is 1. The zero-order chi connectivity index (χ0) is 13.9. The van der Waals surface area contributed by atoms with Crippen LogP contribution in [0, 0.1) is 5.82 Å². The maximum atomic E-state index is 13.5. The molecular weight excluding hydrogens is 279 g/mol. The van der Waals surface area contributed by atoms with Crippen LogP contribution in [0.2, 0.25) is 5.02 Å². The van der Waals surface area contributed by atoms with Gasteiger partial charge in [0.1, 0.15) is 0 Å². The van der Waals surface area contributed by atoms with Gasteiger partial charge >= 0.3 is 0 Å². The highest BCUT2D eigenvalue weighted by Gasteiger charge is 2.20. The van der Waals surface area contributed by atoms with Gasteiger partial charge in [0.05, 0.1) is 10.7 Å². The highest BCUT2D eigenvalue weighted by Crippen LogP contribution is 2.26. The summed E-state index contributed by atoms with van der Waals surface area (Å²) in [5, 5.41) is 3.92. The highest BCUT2D eigenvalue weighted by molar-refractivity contribution is 6.31. The van der Waals surface area contributed by atoms with Crippen molar-refractivity contribution < 1.29 is 9.13 Å². The van der Waals surface area contributed by atoms with E-state index in [0.717, 1.165) is 0 Å². The lowest BCUT2D eigenvalue weighted by Crippen LogP contribution is -2.16. The van der Waals surface area contributed by atoms with E-state index >= 15 is 0 Å². The lowest BCUT2D eigenvalue weighted by atomic mass is 10.3. The van der Waals surface area contributed by atoms with Crippen LogP contribution in [0.3, 0.4) is 0 Å². The summed E-state index contributed by atoms with van der Waals surface area (Å²) in [6.45, 7) is 0.595. The molecule has 1 fully saturated rings. The second-order valence-electron chi connectivity index (χ2n) is 4.77. The summed E-state index contributed by atoms with van der Waals surface area (Å²) in [6, 6.07) is 10.2. The first kappa shape index (κ1) is 13.3. The normalized spacial score (nSPS) is 14.3. The molecule has 1 aliphatic rings. The van der Waals surface area contributed by atoms with Gasteiger partial charge in [-0.15, -0.1) is 0 Å². The number of para-hydroxylation sites is 1. The van der Waals surface area contributed by atoms with Crippen LogP contribution in [0.1, 0.15) is 18.5 Å². The van der Waals surface area contributed by atoms with Crippen molar-refractivity contribution in [3.05, 3.63) is 52.9 Å². The second-order valence-corrected chi connectivity index (χ2v) is 5.17. The predicted molar refractivity (Wildman–Crippen MR) is 75.6 cm³/mol. The molecule has 0 unspecified atom stereocenters. The Morgan fingerprint density at radius 1 is 1.25 bits per heavy atom. The van der Waals surface area contributed by atoms with E-state index in [1.807, 2.05) is 0 Å². The number of nitrogens with one attached hydrogen (secondary N) is 1. The quantitative estimate of drug-likeness (QED) is 0.907. The fourth-order valence-corrected chi connectivity index (χ4v) is 1.99. The van der Waals surface area contributed by atoms with Crippen molar-refractivity contribution in [1.82, 2.24) is 10.3 Å². The van der Waals surface area contributed by atoms with Crippen LogP contribution in [0.25, 0.3) is 0 Å². The average molecular weight is 293 g/mol. The van der Waals surface area contributed by atoms with E-state index in [1.54, 1.807) is 30.3 Å². The Morgan fingerprint density at radius 3 is 2.80 bits per heavy atom. The molecule has 0 saturated heterocycles. The summed E-state index contributed by atoms with van der Waals surface area (Å²) < 4.78 is 19.0. The molecule has 0 bridgehead atoms. The van der Waals surface area contributed by atoms with Crippen LogP contribution >= 0.6 is 11.6 Å². The highest BCUT2D eigenvalue weighted by atomic mass is 35.5. The van der Waals surface area contributed by atoms with Gasteiger partial charge in [0.2, 0.25) is 5.88 Å². The number of ether oxygens (including phenoxy) is 1. The van der Waals surface area contributed by atoms with Crippen LogP contribution < -0.4 is 10.1 Å². The van der Waals surface area contributed by atoms with E-state index in [0.29, 0.717) is 29.2 Å². The number of aromatic nitrogens is 1. The molecule has 1 N–H and O–H groups in total. The molecule has 5 heteroatoms. The first-order valence-electron chi connectivity index (χ1n) is 6.53. The van der Waals surface area contributed by atoms with Gasteiger partial charge in [0.15, 0.2) is 11.6 Å². The molecule has 0 atom stereocenters. The predicted octanol–water partition coefficient (Wildman–Crippen LogP) is 3.92. The number of benzene rings is 1. The smallest absolute Gasteiger partial charge is 0.219 e. The van der Waals surface area contributed by atoms with Gasteiger partial charge < -0.3 is 10.1 Å². The zero-order valence-corrected chi connectivity index (χ0v) is 11.5. The minimum absolute atomic E-state index is 0.156. The monoisotopic (exact) mass is 292 g/mol. The fourth-order valence-electron chi connectivity index (χ4n) is 1.81. The maximum absolute atomic E-state index is 13.5. The van der Waals surface area contributed by atoms with E-state index in [9.17, 15) is 4.39 Å². The topological polar surface area (TPSA) is 34.1 Å². The minimum atomic E-state index is -0.415. The Morgan fingerprint density at radius 2 is 2.05 bits per heavy atom. The van der Waals surface area contributed by atoms with Crippen molar-refractivity contribution in [2.45, 2.75) is 25.4 Å². The number of pyridine rings is 1. The largest absolute Gasteiger partial charge is 0.436 e. The Bertz CT molecular complexity index is 617. The lowest BCUT2D eigenvalue weighted by molar-refractivity contribution is 0.425. The fraction of sp³-hybridized carbons (Fsp3) is 0.267. The summed E-state index contributed by atoms with van der Waals surface area (Å²) in [7, 11) is 0. The first-order chi connectivity index (χ1) is 9.72. The van der Waals surface area contributed by atoms with Crippen LogP contribution in [0.15, 0.2) is 36.4 Å². The molecule has 1 heterocycles. The van der Waals surface area contributed by atoms with E-state index in [1.165, 1.54) is 18.9 Å². The summed E-state index contributed by atoms with van der Waals surface area (Å²) in [5.41, 5.74) is 0.715. The van der Waals surface area contributed by atoms with Gasteiger partial charge in [0, 0.05) is 18.7 Å². The van der Waals surface area contributed by atoms with Gasteiger partial charge in [0.25, 0.3) is 0 Å².